The Labute approximate surface area is 467 Å². The molecule has 9 rings (SSSR count). The van der Waals surface area contributed by atoms with E-state index in [9.17, 15) is 39.6 Å². The second kappa shape index (κ2) is 23.4. The van der Waals surface area contributed by atoms with Crippen LogP contribution in [0.5, 0.6) is 0 Å². The highest BCUT2D eigenvalue weighted by molar-refractivity contribution is 7.99. The predicted octanol–water partition coefficient (Wildman–Crippen LogP) is 9.81. The monoisotopic (exact) mass is 1150 g/mol. The number of halogens is 4. The third-order valence-corrected chi connectivity index (χ3v) is 20.2. The molecule has 78 heavy (non-hydrogen) atoms. The topological polar surface area (TPSA) is 152 Å². The molecular formula is C57H71ClF3N7O7S3. The lowest BCUT2D eigenvalue weighted by Gasteiger charge is -2.50. The second-order valence-electron chi connectivity index (χ2n) is 22.9. The number of ether oxygens (including phenoxy) is 1. The lowest BCUT2D eigenvalue weighted by Crippen LogP contribution is -2.64. The van der Waals surface area contributed by atoms with Crippen molar-refractivity contribution in [1.29, 1.82) is 0 Å². The van der Waals surface area contributed by atoms with Crippen LogP contribution < -0.4 is 19.8 Å². The third-order valence-electron chi connectivity index (χ3n) is 15.9. The molecule has 0 aromatic heterocycles. The Bertz CT molecular complexity index is 3090. The Morgan fingerprint density at radius 1 is 0.859 bits per heavy atom. The second-order valence-corrected chi connectivity index (χ2v) is 28.0. The van der Waals surface area contributed by atoms with Gasteiger partial charge in [0.05, 0.1) is 22.0 Å². The lowest BCUT2D eigenvalue weighted by molar-refractivity contribution is -0.122. The molecule has 14 nitrogen and oxygen atoms in total. The molecule has 0 spiro atoms. The van der Waals surface area contributed by atoms with Crippen molar-refractivity contribution in [3.63, 3.8) is 0 Å². The summed E-state index contributed by atoms with van der Waals surface area (Å²) >= 11 is 7.73. The van der Waals surface area contributed by atoms with Gasteiger partial charge in [-0.15, -0.1) is 11.8 Å². The Kier molecular flexibility index (Phi) is 17.4. The van der Waals surface area contributed by atoms with Crippen LogP contribution in [0.25, 0.3) is 5.57 Å². The molecule has 2 atom stereocenters. The van der Waals surface area contributed by atoms with E-state index in [0.717, 1.165) is 68.0 Å². The summed E-state index contributed by atoms with van der Waals surface area (Å²) in [6, 6.07) is 23.1. The zero-order valence-electron chi connectivity index (χ0n) is 45.0. The van der Waals surface area contributed by atoms with Crippen LogP contribution in [-0.4, -0.2) is 150 Å². The number of nitrogens with zero attached hydrogens (tertiary/aromatic N) is 5. The van der Waals surface area contributed by atoms with E-state index in [0.29, 0.717) is 93.4 Å². The van der Waals surface area contributed by atoms with Crippen molar-refractivity contribution in [3.05, 3.63) is 113 Å². The van der Waals surface area contributed by atoms with E-state index in [1.54, 1.807) is 11.0 Å². The van der Waals surface area contributed by atoms with Crippen LogP contribution in [0.3, 0.4) is 0 Å². The molecule has 0 saturated carbocycles. The summed E-state index contributed by atoms with van der Waals surface area (Å²) in [5, 5.41) is 3.74. The van der Waals surface area contributed by atoms with Crippen molar-refractivity contribution in [3.8, 4) is 0 Å². The molecule has 3 fully saturated rings. The van der Waals surface area contributed by atoms with Crippen LogP contribution in [0.2, 0.25) is 5.02 Å². The summed E-state index contributed by atoms with van der Waals surface area (Å²) in [4.78, 5) is 38.7. The van der Waals surface area contributed by atoms with Gasteiger partial charge in [-0.2, -0.15) is 13.2 Å². The van der Waals surface area contributed by atoms with Crippen molar-refractivity contribution in [1.82, 2.24) is 19.4 Å². The van der Waals surface area contributed by atoms with Gasteiger partial charge in [-0.3, -0.25) is 19.4 Å². The molecule has 2 N–H and O–H groups in total. The van der Waals surface area contributed by atoms with Crippen LogP contribution in [0.15, 0.2) is 111 Å². The molecule has 4 aromatic rings. The van der Waals surface area contributed by atoms with Gasteiger partial charge in [0.15, 0.2) is 0 Å². The molecule has 422 valence electrons. The molecule has 0 radical (unpaired) electrons. The summed E-state index contributed by atoms with van der Waals surface area (Å²) in [6.07, 6.45) is 4.42. The quantitative estimate of drug-likeness (QED) is 0.103. The maximum absolute atomic E-state index is 15.0. The van der Waals surface area contributed by atoms with Gasteiger partial charge in [0, 0.05) is 111 Å². The molecule has 4 heterocycles. The summed E-state index contributed by atoms with van der Waals surface area (Å²) < 4.78 is 106. The number of hydrogen-bond donors (Lipinski definition) is 2. The number of amides is 2. The number of piperazine rings is 2. The first-order valence-electron chi connectivity index (χ1n) is 26.8. The van der Waals surface area contributed by atoms with E-state index in [-0.39, 0.29) is 28.5 Å². The maximum atomic E-state index is 15.0. The third kappa shape index (κ3) is 13.2. The van der Waals surface area contributed by atoms with Crippen LogP contribution in [0.1, 0.15) is 89.1 Å². The van der Waals surface area contributed by atoms with E-state index in [2.05, 4.69) is 71.7 Å². The van der Waals surface area contributed by atoms with Gasteiger partial charge in [-0.25, -0.2) is 21.6 Å². The van der Waals surface area contributed by atoms with Gasteiger partial charge >= 0.3 is 5.51 Å². The number of thioether (sulfide) groups is 1. The number of hydrogen-bond acceptors (Lipinski definition) is 13. The number of sulfonamides is 1. The number of carbonyl (C=O) groups is 2. The van der Waals surface area contributed by atoms with Gasteiger partial charge < -0.3 is 24.8 Å². The number of carbonyl (C=O) groups excluding carboxylic acids is 2. The first-order chi connectivity index (χ1) is 36.9. The average molecular weight is 1150 g/mol. The summed E-state index contributed by atoms with van der Waals surface area (Å²) in [5.74, 6) is -0.910. The number of benzene rings is 4. The van der Waals surface area contributed by atoms with Gasteiger partial charge in [0.2, 0.25) is 0 Å². The fourth-order valence-electron chi connectivity index (χ4n) is 11.5. The number of anilines is 3. The summed E-state index contributed by atoms with van der Waals surface area (Å²) in [5.41, 5.74) is -1.26. The lowest BCUT2D eigenvalue weighted by atomic mass is 9.72. The van der Waals surface area contributed by atoms with Crippen molar-refractivity contribution in [2.75, 3.05) is 93.0 Å². The van der Waals surface area contributed by atoms with Crippen molar-refractivity contribution >= 4 is 77.7 Å². The van der Waals surface area contributed by atoms with Crippen LogP contribution in [0, 0.1) is 5.41 Å². The molecule has 3 saturated heterocycles. The number of fused-ring (bicyclic) bond motifs is 3. The zero-order chi connectivity index (χ0) is 55.8. The molecule has 2 amide bonds. The smallest absolute Gasteiger partial charge is 0.381 e. The summed E-state index contributed by atoms with van der Waals surface area (Å²) in [7, 11) is -11.1. The summed E-state index contributed by atoms with van der Waals surface area (Å²) in [6.45, 7) is 18.0. The van der Waals surface area contributed by atoms with Gasteiger partial charge in [0.1, 0.15) is 10.9 Å². The highest BCUT2D eigenvalue weighted by atomic mass is 35.5. The number of nitrogens with one attached hydrogen (secondary N) is 2. The fraction of sp³-hybridized carbons (Fsp3) is 0.509. The molecule has 5 aliphatic rings. The molecular weight excluding hydrogens is 1080 g/mol. The Balaban J connectivity index is 0.958. The number of sulfone groups is 1. The highest BCUT2D eigenvalue weighted by Crippen LogP contribution is 2.45. The molecule has 1 aliphatic carbocycles. The van der Waals surface area contributed by atoms with Crippen LogP contribution >= 0.6 is 23.4 Å². The molecule has 21 heteroatoms. The van der Waals surface area contributed by atoms with E-state index in [1.165, 1.54) is 35.0 Å². The maximum Gasteiger partial charge on any atom is 0.501 e. The fourth-order valence-corrected chi connectivity index (χ4v) is 14.6. The van der Waals surface area contributed by atoms with Crippen molar-refractivity contribution in [2.45, 2.75) is 117 Å². The molecule has 4 aliphatic heterocycles. The van der Waals surface area contributed by atoms with Crippen molar-refractivity contribution < 1.29 is 44.3 Å². The van der Waals surface area contributed by atoms with E-state index >= 15 is 0 Å². The van der Waals surface area contributed by atoms with Crippen LogP contribution in [0.4, 0.5) is 30.2 Å². The number of rotatable bonds is 16. The van der Waals surface area contributed by atoms with E-state index in [1.807, 2.05) is 47.2 Å². The van der Waals surface area contributed by atoms with Crippen LogP contribution in [-0.2, 0) is 29.4 Å². The number of alkyl halides is 3. The molecule has 4 aromatic carbocycles. The van der Waals surface area contributed by atoms with Gasteiger partial charge in [-0.1, -0.05) is 61.4 Å². The van der Waals surface area contributed by atoms with Crippen molar-refractivity contribution in [2.24, 2.45) is 5.41 Å². The minimum absolute atomic E-state index is 0.000593. The van der Waals surface area contributed by atoms with E-state index < -0.39 is 58.8 Å². The van der Waals surface area contributed by atoms with E-state index in [4.69, 9.17) is 16.3 Å². The average Bonchev–Trinajstić information content (AvgIpc) is 3.48. The Hall–Kier alpha value is -4.67. The first kappa shape index (κ1) is 58.0. The number of allylic oxidation sites excluding steroid dienone is 1. The largest absolute Gasteiger partial charge is 0.501 e. The zero-order valence-corrected chi connectivity index (χ0v) is 48.2. The Morgan fingerprint density at radius 3 is 2.23 bits per heavy atom. The minimum atomic E-state index is -6.14. The molecule has 0 bridgehead atoms. The standard InChI is InChI=1S/C57H71ClF3N7O7S3/c1-55(2,3)66-28-25-64(26-29-66)24-20-43(38-76-45-9-7-6-8-10-45)62-48-17-16-46(34-52(48)77(71,72)57(59,60)61)78(73,74)63-53(69)40-13-18-49-50(33-40)68(44-21-31-75-32-22-44)54(70)51-37-65(27-30-67(49)51)36-41-35-56(4,5)23-19-47(41)39-11-14-42(58)15-12-39/h6-18,33-34,43-44,51,62H,19-32,35-38H2,1-5H3,(H,63,69). The normalized spacial score (nSPS) is 20.8. The SMILES string of the molecule is CC1(C)CCC(c2ccc(Cl)cc2)=C(CN2CCN3c4ccc(C(=O)NS(=O)(=O)c5ccc(NC(CCN6CCN(C(C)(C)C)CC6)CSc6ccccc6)c(S(=O)(=O)C(F)(F)F)c5)cc4N(C4CCOCC4)C(=O)C3C2)C1. The Morgan fingerprint density at radius 2 is 1.55 bits per heavy atom. The van der Waals surface area contributed by atoms with Gasteiger partial charge in [-0.05, 0) is 137 Å². The molecule has 2 unspecified atom stereocenters. The minimum Gasteiger partial charge on any atom is -0.381 e. The highest BCUT2D eigenvalue weighted by Gasteiger charge is 2.49. The predicted molar refractivity (Wildman–Crippen MR) is 303 cm³/mol. The first-order valence-corrected chi connectivity index (χ1v) is 31.1. The van der Waals surface area contributed by atoms with Gasteiger partial charge in [0.25, 0.3) is 31.7 Å².